The lowest BCUT2D eigenvalue weighted by molar-refractivity contribution is -0.163. The molecule has 0 fully saturated rings. The molecular formula is C25H30O4S. The third kappa shape index (κ3) is 5.78. The molecule has 1 unspecified atom stereocenters. The lowest BCUT2D eigenvalue weighted by atomic mass is 9.89. The zero-order chi connectivity index (χ0) is 22.5. The Labute approximate surface area is 183 Å². The van der Waals surface area contributed by atoms with Gasteiger partial charge in [0.25, 0.3) is 0 Å². The van der Waals surface area contributed by atoms with Gasteiger partial charge in [0.05, 0.1) is 6.10 Å². The Morgan fingerprint density at radius 3 is 2.10 bits per heavy atom. The third-order valence-corrected chi connectivity index (χ3v) is 5.49. The quantitative estimate of drug-likeness (QED) is 0.310. The van der Waals surface area contributed by atoms with Gasteiger partial charge in [-0.3, -0.25) is 0 Å². The molecule has 0 aliphatic rings. The van der Waals surface area contributed by atoms with E-state index in [4.69, 9.17) is 9.47 Å². The fourth-order valence-electron chi connectivity index (χ4n) is 3.24. The number of rotatable bonds is 8. The highest BCUT2D eigenvalue weighted by molar-refractivity contribution is 7.98. The highest BCUT2D eigenvalue weighted by atomic mass is 32.2. The maximum absolute atomic E-state index is 12.4. The number of benzene rings is 2. The lowest BCUT2D eigenvalue weighted by Crippen LogP contribution is -2.41. The molecule has 160 valence electrons. The fraction of sp³-hybridized carbons (Fsp3) is 0.400. The van der Waals surface area contributed by atoms with Gasteiger partial charge in [0.1, 0.15) is 11.7 Å². The molecule has 0 aliphatic heterocycles. The van der Waals surface area contributed by atoms with Crippen molar-refractivity contribution in [3.05, 3.63) is 64.7 Å². The number of allylic oxidation sites excluding steroid dienone is 1. The van der Waals surface area contributed by atoms with Gasteiger partial charge in [-0.15, -0.1) is 11.8 Å². The number of carbonyl (C=O) groups excluding carboxylic acids is 2. The molecule has 2 rings (SSSR count). The molecule has 5 heteroatoms. The average molecular weight is 427 g/mol. The van der Waals surface area contributed by atoms with E-state index in [1.807, 2.05) is 76.3 Å². The Bertz CT molecular complexity index is 915. The van der Waals surface area contributed by atoms with Crippen LogP contribution < -0.4 is 4.74 Å². The first-order chi connectivity index (χ1) is 14.1. The van der Waals surface area contributed by atoms with Crippen LogP contribution in [0, 0.1) is 13.8 Å². The molecule has 0 aromatic heterocycles. The molecule has 0 N–H and O–H groups in total. The smallest absolute Gasteiger partial charge is 0.350 e. The highest BCUT2D eigenvalue weighted by Crippen LogP contribution is 2.34. The van der Waals surface area contributed by atoms with E-state index in [1.165, 1.54) is 11.0 Å². The van der Waals surface area contributed by atoms with E-state index in [0.717, 1.165) is 22.3 Å². The summed E-state index contributed by atoms with van der Waals surface area (Å²) in [6.45, 7) is 10.9. The standard InChI is InChI=1S/C25H30O4S/c1-16(2)28-24(27)25(5,6)29-23-17(3)14-20(15-18(23)4)22(12-13-26)19-8-10-21(30-7)11-9-19/h8-12,14-16,22H,1-7H3. The van der Waals surface area contributed by atoms with Gasteiger partial charge in [-0.2, -0.15) is 0 Å². The minimum atomic E-state index is -1.11. The predicted molar refractivity (Wildman–Crippen MR) is 122 cm³/mol. The maximum atomic E-state index is 12.4. The van der Waals surface area contributed by atoms with Crippen LogP contribution >= 0.6 is 11.8 Å². The Hall–Kier alpha value is -2.49. The van der Waals surface area contributed by atoms with E-state index in [-0.39, 0.29) is 12.0 Å². The van der Waals surface area contributed by atoms with Crippen molar-refractivity contribution in [2.75, 3.05) is 6.26 Å². The van der Waals surface area contributed by atoms with Crippen LogP contribution in [0.3, 0.4) is 0 Å². The molecule has 2 aromatic rings. The molecule has 4 nitrogen and oxygen atoms in total. The first-order valence-corrected chi connectivity index (χ1v) is 11.2. The lowest BCUT2D eigenvalue weighted by Gasteiger charge is -2.28. The average Bonchev–Trinajstić information content (AvgIpc) is 2.68. The number of hydrogen-bond donors (Lipinski definition) is 0. The summed E-state index contributed by atoms with van der Waals surface area (Å²) >= 11 is 1.67. The van der Waals surface area contributed by atoms with Crippen molar-refractivity contribution < 1.29 is 19.1 Å². The molecule has 0 saturated heterocycles. The zero-order valence-corrected chi connectivity index (χ0v) is 19.6. The summed E-state index contributed by atoms with van der Waals surface area (Å²) in [6.07, 6.45) is 3.35. The van der Waals surface area contributed by atoms with E-state index >= 15 is 0 Å². The molecule has 0 saturated carbocycles. The van der Waals surface area contributed by atoms with Crippen LogP contribution in [0.25, 0.3) is 0 Å². The Balaban J connectivity index is 2.39. The Morgan fingerprint density at radius 1 is 1.07 bits per heavy atom. The highest BCUT2D eigenvalue weighted by Gasteiger charge is 2.33. The minimum absolute atomic E-state index is 0.205. The topological polar surface area (TPSA) is 52.6 Å². The van der Waals surface area contributed by atoms with Crippen LogP contribution in [-0.4, -0.2) is 29.9 Å². The molecule has 0 radical (unpaired) electrons. The van der Waals surface area contributed by atoms with Crippen molar-refractivity contribution in [2.24, 2.45) is 0 Å². The molecule has 0 bridgehead atoms. The number of esters is 1. The van der Waals surface area contributed by atoms with E-state index in [0.29, 0.717) is 5.75 Å². The van der Waals surface area contributed by atoms with E-state index in [1.54, 1.807) is 25.6 Å². The van der Waals surface area contributed by atoms with Gasteiger partial charge in [0.15, 0.2) is 5.60 Å². The zero-order valence-electron chi connectivity index (χ0n) is 18.7. The van der Waals surface area contributed by atoms with Crippen LogP contribution in [-0.2, 0) is 14.3 Å². The fourth-order valence-corrected chi connectivity index (χ4v) is 3.65. The summed E-state index contributed by atoms with van der Waals surface area (Å²) in [4.78, 5) is 24.8. The van der Waals surface area contributed by atoms with Crippen molar-refractivity contribution in [2.45, 2.75) is 64.1 Å². The number of thioether (sulfide) groups is 1. The van der Waals surface area contributed by atoms with Gasteiger partial charge >= 0.3 is 5.97 Å². The molecule has 30 heavy (non-hydrogen) atoms. The number of aryl methyl sites for hydroxylation is 2. The summed E-state index contributed by atoms with van der Waals surface area (Å²) in [6, 6.07) is 12.1. The van der Waals surface area contributed by atoms with Gasteiger partial charge in [-0.05, 0) is 82.2 Å². The first kappa shape index (κ1) is 23.8. The van der Waals surface area contributed by atoms with Gasteiger partial charge < -0.3 is 9.47 Å². The van der Waals surface area contributed by atoms with Gasteiger partial charge in [-0.1, -0.05) is 24.3 Å². The first-order valence-electron chi connectivity index (χ1n) is 9.95. The summed E-state index contributed by atoms with van der Waals surface area (Å²) in [7, 11) is 0. The summed E-state index contributed by atoms with van der Waals surface area (Å²) in [5.41, 5.74) is 2.65. The number of hydrogen-bond acceptors (Lipinski definition) is 5. The Morgan fingerprint density at radius 2 is 1.63 bits per heavy atom. The van der Waals surface area contributed by atoms with E-state index < -0.39 is 11.6 Å². The third-order valence-electron chi connectivity index (χ3n) is 4.74. The van der Waals surface area contributed by atoms with E-state index in [9.17, 15) is 9.59 Å². The largest absolute Gasteiger partial charge is 0.476 e. The monoisotopic (exact) mass is 426 g/mol. The van der Waals surface area contributed by atoms with Crippen molar-refractivity contribution in [1.29, 1.82) is 0 Å². The summed E-state index contributed by atoms with van der Waals surface area (Å²) in [5, 5.41) is 0. The molecule has 2 aromatic carbocycles. The van der Waals surface area contributed by atoms with Crippen molar-refractivity contribution in [3.8, 4) is 5.75 Å². The summed E-state index contributed by atoms with van der Waals surface area (Å²) in [5.74, 6) is 1.98. The number of ether oxygens (including phenoxy) is 2. The van der Waals surface area contributed by atoms with Gasteiger partial charge in [0, 0.05) is 16.9 Å². The number of carbonyl (C=O) groups is 1. The molecule has 1 atom stereocenters. The summed E-state index contributed by atoms with van der Waals surface area (Å²) < 4.78 is 11.4. The molecule has 0 spiro atoms. The predicted octanol–water partition coefficient (Wildman–Crippen LogP) is 5.65. The van der Waals surface area contributed by atoms with Crippen LogP contribution in [0.4, 0.5) is 0 Å². The van der Waals surface area contributed by atoms with E-state index in [2.05, 4.69) is 0 Å². The van der Waals surface area contributed by atoms with Gasteiger partial charge in [-0.25, -0.2) is 9.59 Å². The second-order valence-electron chi connectivity index (χ2n) is 8.09. The normalized spacial score (nSPS) is 12.3. The Kier molecular flexibility index (Phi) is 7.94. The van der Waals surface area contributed by atoms with Crippen LogP contribution in [0.15, 0.2) is 47.4 Å². The van der Waals surface area contributed by atoms with Crippen molar-refractivity contribution >= 4 is 23.7 Å². The second-order valence-corrected chi connectivity index (χ2v) is 8.97. The molecule has 0 aliphatic carbocycles. The van der Waals surface area contributed by atoms with Gasteiger partial charge in [0.2, 0.25) is 0 Å². The second kappa shape index (κ2) is 10.0. The van der Waals surface area contributed by atoms with Crippen molar-refractivity contribution in [3.63, 3.8) is 0 Å². The maximum Gasteiger partial charge on any atom is 0.350 e. The van der Waals surface area contributed by atoms with Crippen LogP contribution in [0.1, 0.15) is 55.9 Å². The molecular weight excluding hydrogens is 396 g/mol. The van der Waals surface area contributed by atoms with Crippen molar-refractivity contribution in [1.82, 2.24) is 0 Å². The SMILES string of the molecule is CSc1ccc(C(C=C=O)c2cc(C)c(OC(C)(C)C(=O)OC(C)C)c(C)c2)cc1. The minimum Gasteiger partial charge on any atom is -0.476 e. The molecule has 0 heterocycles. The van der Waals surface area contributed by atoms with Crippen LogP contribution in [0.5, 0.6) is 5.75 Å². The van der Waals surface area contributed by atoms with Crippen LogP contribution in [0.2, 0.25) is 0 Å². The molecule has 0 amide bonds.